The van der Waals surface area contributed by atoms with E-state index in [0.29, 0.717) is 22.7 Å². The summed E-state index contributed by atoms with van der Waals surface area (Å²) in [6, 6.07) is 9.77. The molecule has 0 atom stereocenters. The highest BCUT2D eigenvalue weighted by Gasteiger charge is 2.09. The van der Waals surface area contributed by atoms with E-state index in [0.717, 1.165) is 0 Å². The summed E-state index contributed by atoms with van der Waals surface area (Å²) in [5, 5.41) is 8.02. The van der Waals surface area contributed by atoms with E-state index in [1.807, 2.05) is 0 Å². The number of halogens is 1. The van der Waals surface area contributed by atoms with Crippen LogP contribution >= 0.6 is 0 Å². The average Bonchev–Trinajstić information content (AvgIpc) is 2.74. The van der Waals surface area contributed by atoms with Crippen molar-refractivity contribution in [3.63, 3.8) is 0 Å². The van der Waals surface area contributed by atoms with E-state index in [1.165, 1.54) is 12.1 Å². The Hall–Kier alpha value is -2.43. The molecule has 17 heavy (non-hydrogen) atoms. The SMILES string of the molecule is Nc1cccn2c(-c3cccc(F)c3)nnc12. The van der Waals surface area contributed by atoms with Gasteiger partial charge in [-0.05, 0) is 24.3 Å². The molecule has 0 amide bonds. The molecule has 0 radical (unpaired) electrons. The number of fused-ring (bicyclic) bond motifs is 1. The van der Waals surface area contributed by atoms with Crippen LogP contribution in [0.5, 0.6) is 0 Å². The first-order chi connectivity index (χ1) is 8.25. The lowest BCUT2D eigenvalue weighted by Crippen LogP contribution is -1.93. The molecular weight excluding hydrogens is 219 g/mol. The highest BCUT2D eigenvalue weighted by Crippen LogP contribution is 2.21. The molecule has 0 spiro atoms. The van der Waals surface area contributed by atoms with Crippen LogP contribution < -0.4 is 5.73 Å². The van der Waals surface area contributed by atoms with Crippen molar-refractivity contribution in [3.8, 4) is 11.4 Å². The van der Waals surface area contributed by atoms with Gasteiger partial charge in [0.25, 0.3) is 0 Å². The van der Waals surface area contributed by atoms with Gasteiger partial charge >= 0.3 is 0 Å². The second kappa shape index (κ2) is 3.55. The number of rotatable bonds is 1. The molecular formula is C12H9FN4. The third kappa shape index (κ3) is 1.52. The summed E-state index contributed by atoms with van der Waals surface area (Å²) >= 11 is 0. The van der Waals surface area contributed by atoms with Crippen LogP contribution in [-0.2, 0) is 0 Å². The lowest BCUT2D eigenvalue weighted by molar-refractivity contribution is 0.628. The van der Waals surface area contributed by atoms with Gasteiger partial charge in [-0.1, -0.05) is 12.1 Å². The molecule has 0 aliphatic carbocycles. The minimum absolute atomic E-state index is 0.303. The molecule has 0 aliphatic heterocycles. The summed E-state index contributed by atoms with van der Waals surface area (Å²) in [6.45, 7) is 0. The first-order valence-corrected chi connectivity index (χ1v) is 5.11. The molecule has 0 saturated heterocycles. The number of hydrogen-bond donors (Lipinski definition) is 1. The van der Waals surface area contributed by atoms with Gasteiger partial charge in [-0.2, -0.15) is 0 Å². The summed E-state index contributed by atoms with van der Waals surface area (Å²) in [6.07, 6.45) is 1.80. The summed E-state index contributed by atoms with van der Waals surface area (Å²) in [5.41, 5.74) is 7.57. The van der Waals surface area contributed by atoms with Gasteiger partial charge in [0.1, 0.15) is 5.82 Å². The summed E-state index contributed by atoms with van der Waals surface area (Å²) in [7, 11) is 0. The Morgan fingerprint density at radius 1 is 1.12 bits per heavy atom. The number of nitrogens with two attached hydrogens (primary N) is 1. The van der Waals surface area contributed by atoms with Gasteiger partial charge in [0.2, 0.25) is 0 Å². The molecule has 0 bridgehead atoms. The molecule has 2 heterocycles. The van der Waals surface area contributed by atoms with E-state index in [4.69, 9.17) is 5.73 Å². The minimum Gasteiger partial charge on any atom is -0.396 e. The van der Waals surface area contributed by atoms with Crippen LogP contribution in [0.2, 0.25) is 0 Å². The fourth-order valence-electron chi connectivity index (χ4n) is 1.76. The summed E-state index contributed by atoms with van der Waals surface area (Å²) < 4.78 is 14.9. The average molecular weight is 228 g/mol. The largest absolute Gasteiger partial charge is 0.396 e. The molecule has 3 rings (SSSR count). The van der Waals surface area contributed by atoms with Crippen LogP contribution in [0, 0.1) is 5.82 Å². The lowest BCUT2D eigenvalue weighted by Gasteiger charge is -2.00. The van der Waals surface area contributed by atoms with Crippen molar-refractivity contribution in [2.24, 2.45) is 0 Å². The van der Waals surface area contributed by atoms with E-state index in [9.17, 15) is 4.39 Å². The normalized spacial score (nSPS) is 10.9. The van der Waals surface area contributed by atoms with Crippen molar-refractivity contribution < 1.29 is 4.39 Å². The van der Waals surface area contributed by atoms with E-state index < -0.39 is 0 Å². The maximum absolute atomic E-state index is 13.2. The quantitative estimate of drug-likeness (QED) is 0.694. The topological polar surface area (TPSA) is 56.2 Å². The maximum atomic E-state index is 13.2. The van der Waals surface area contributed by atoms with Crippen LogP contribution in [0.1, 0.15) is 0 Å². The van der Waals surface area contributed by atoms with Crippen LogP contribution in [0.3, 0.4) is 0 Å². The first-order valence-electron chi connectivity index (χ1n) is 5.11. The van der Waals surface area contributed by atoms with Gasteiger partial charge in [0.15, 0.2) is 11.5 Å². The van der Waals surface area contributed by atoms with E-state index in [-0.39, 0.29) is 5.82 Å². The second-order valence-corrected chi connectivity index (χ2v) is 3.69. The Morgan fingerprint density at radius 3 is 2.82 bits per heavy atom. The zero-order valence-corrected chi connectivity index (χ0v) is 8.84. The lowest BCUT2D eigenvalue weighted by atomic mass is 10.2. The third-order valence-electron chi connectivity index (χ3n) is 2.55. The predicted molar refractivity (Wildman–Crippen MR) is 62.8 cm³/mol. The minimum atomic E-state index is -0.303. The molecule has 0 saturated carbocycles. The first kappa shape index (κ1) is 9.77. The Morgan fingerprint density at radius 2 is 2.00 bits per heavy atom. The molecule has 2 N–H and O–H groups in total. The number of pyridine rings is 1. The van der Waals surface area contributed by atoms with Gasteiger partial charge in [-0.25, -0.2) is 4.39 Å². The Kier molecular flexibility index (Phi) is 2.04. The molecule has 0 fully saturated rings. The number of benzene rings is 1. The molecule has 4 nitrogen and oxygen atoms in total. The number of nitrogen functional groups attached to an aromatic ring is 1. The van der Waals surface area contributed by atoms with Crippen molar-refractivity contribution in [3.05, 3.63) is 48.4 Å². The van der Waals surface area contributed by atoms with Gasteiger partial charge < -0.3 is 5.73 Å². The Balaban J connectivity index is 2.28. The third-order valence-corrected chi connectivity index (χ3v) is 2.55. The van der Waals surface area contributed by atoms with Crippen molar-refractivity contribution in [1.82, 2.24) is 14.6 Å². The summed E-state index contributed by atoms with van der Waals surface area (Å²) in [5.74, 6) is 0.273. The van der Waals surface area contributed by atoms with Crippen LogP contribution in [-0.4, -0.2) is 14.6 Å². The highest BCUT2D eigenvalue weighted by atomic mass is 19.1. The Bertz CT molecular complexity index is 690. The molecule has 3 aromatic rings. The molecule has 1 aromatic carbocycles. The number of aromatic nitrogens is 3. The number of hydrogen-bond acceptors (Lipinski definition) is 3. The van der Waals surface area contributed by atoms with Crippen LogP contribution in [0.15, 0.2) is 42.6 Å². The predicted octanol–water partition coefficient (Wildman–Crippen LogP) is 2.12. The summed E-state index contributed by atoms with van der Waals surface area (Å²) in [4.78, 5) is 0. The fourth-order valence-corrected chi connectivity index (χ4v) is 1.76. The fraction of sp³-hybridized carbons (Fsp3) is 0. The van der Waals surface area contributed by atoms with Crippen LogP contribution in [0.25, 0.3) is 17.0 Å². The van der Waals surface area contributed by atoms with E-state index in [2.05, 4.69) is 10.2 Å². The maximum Gasteiger partial charge on any atom is 0.184 e. The highest BCUT2D eigenvalue weighted by molar-refractivity contribution is 5.68. The standard InChI is InChI=1S/C12H9FN4/c13-9-4-1-3-8(7-9)11-15-16-12-10(14)5-2-6-17(11)12/h1-7H,14H2. The monoisotopic (exact) mass is 228 g/mol. The van der Waals surface area contributed by atoms with Crippen molar-refractivity contribution in [1.29, 1.82) is 0 Å². The molecule has 0 unspecified atom stereocenters. The molecule has 5 heteroatoms. The van der Waals surface area contributed by atoms with Gasteiger partial charge in [-0.3, -0.25) is 4.40 Å². The number of anilines is 1. The van der Waals surface area contributed by atoms with Gasteiger partial charge in [-0.15, -0.1) is 10.2 Å². The van der Waals surface area contributed by atoms with Gasteiger partial charge in [0, 0.05) is 11.8 Å². The zero-order valence-electron chi connectivity index (χ0n) is 8.84. The number of nitrogens with zero attached hydrogens (tertiary/aromatic N) is 3. The van der Waals surface area contributed by atoms with Crippen molar-refractivity contribution >= 4 is 11.3 Å². The van der Waals surface area contributed by atoms with E-state index >= 15 is 0 Å². The van der Waals surface area contributed by atoms with E-state index in [1.54, 1.807) is 34.9 Å². The smallest absolute Gasteiger partial charge is 0.184 e. The van der Waals surface area contributed by atoms with Crippen LogP contribution in [0.4, 0.5) is 10.1 Å². The molecule has 2 aromatic heterocycles. The molecule has 0 aliphatic rings. The van der Waals surface area contributed by atoms with Gasteiger partial charge in [0.05, 0.1) is 5.69 Å². The van der Waals surface area contributed by atoms with Crippen molar-refractivity contribution in [2.45, 2.75) is 0 Å². The second-order valence-electron chi connectivity index (χ2n) is 3.69. The Labute approximate surface area is 96.5 Å². The van der Waals surface area contributed by atoms with Crippen molar-refractivity contribution in [2.75, 3.05) is 5.73 Å². The zero-order chi connectivity index (χ0) is 11.8. The molecule has 84 valence electrons.